The second kappa shape index (κ2) is 9.11. The van der Waals surface area contributed by atoms with E-state index in [1.54, 1.807) is 24.3 Å². The van der Waals surface area contributed by atoms with Gasteiger partial charge in [-0.3, -0.25) is 4.79 Å². The van der Waals surface area contributed by atoms with E-state index in [-0.39, 0.29) is 33.2 Å². The molecule has 0 spiro atoms. The number of hydrogen-bond donors (Lipinski definition) is 0. The Morgan fingerprint density at radius 2 is 1.65 bits per heavy atom. The molecule has 0 saturated heterocycles. The van der Waals surface area contributed by atoms with E-state index in [9.17, 15) is 22.8 Å². The fourth-order valence-corrected chi connectivity index (χ4v) is 3.29. The SMILES string of the molecule is COc1ccccc1C(=O)Oc1ccc2c(=O)c(Oc3ccccc3Cl)c(C(F)(F)F)oc2c1. The third-order valence-corrected chi connectivity index (χ3v) is 4.98. The van der Waals surface area contributed by atoms with Gasteiger partial charge in [-0.25, -0.2) is 4.79 Å². The molecule has 0 bridgehead atoms. The Labute approximate surface area is 195 Å². The number of benzene rings is 3. The lowest BCUT2D eigenvalue weighted by Gasteiger charge is -2.14. The number of fused-ring (bicyclic) bond motifs is 1. The second-order valence-corrected chi connectivity index (χ2v) is 7.27. The molecule has 0 N–H and O–H groups in total. The number of carbonyl (C=O) groups is 1. The van der Waals surface area contributed by atoms with E-state index in [0.29, 0.717) is 0 Å². The number of esters is 1. The van der Waals surface area contributed by atoms with Crippen LogP contribution in [0.1, 0.15) is 16.1 Å². The average molecular weight is 491 g/mol. The van der Waals surface area contributed by atoms with E-state index >= 15 is 0 Å². The lowest BCUT2D eigenvalue weighted by Crippen LogP contribution is -2.16. The zero-order valence-electron chi connectivity index (χ0n) is 17.3. The molecule has 0 aliphatic carbocycles. The summed E-state index contributed by atoms with van der Waals surface area (Å²) in [5, 5.41) is -0.208. The van der Waals surface area contributed by atoms with Gasteiger partial charge in [0.15, 0.2) is 0 Å². The Bertz CT molecular complexity index is 1450. The quantitative estimate of drug-likeness (QED) is 0.235. The van der Waals surface area contributed by atoms with Crippen LogP contribution in [-0.2, 0) is 6.18 Å². The van der Waals surface area contributed by atoms with Crippen molar-refractivity contribution in [2.45, 2.75) is 6.18 Å². The number of carbonyl (C=O) groups excluding carboxylic acids is 1. The number of halogens is 4. The van der Waals surface area contributed by atoms with Crippen molar-refractivity contribution in [2.75, 3.05) is 7.11 Å². The highest BCUT2D eigenvalue weighted by Gasteiger charge is 2.40. The Morgan fingerprint density at radius 1 is 0.971 bits per heavy atom. The molecule has 1 aromatic heterocycles. The summed E-state index contributed by atoms with van der Waals surface area (Å²) < 4.78 is 61.8. The molecule has 0 aliphatic heterocycles. The van der Waals surface area contributed by atoms with Crippen LogP contribution in [0.3, 0.4) is 0 Å². The smallest absolute Gasteiger partial charge is 0.453 e. The van der Waals surface area contributed by atoms with Crippen molar-refractivity contribution >= 4 is 28.5 Å². The molecule has 4 rings (SSSR count). The topological polar surface area (TPSA) is 75.0 Å². The summed E-state index contributed by atoms with van der Waals surface area (Å²) in [6.45, 7) is 0. The number of hydrogen-bond acceptors (Lipinski definition) is 6. The Hall–Kier alpha value is -3.98. The minimum Gasteiger partial charge on any atom is -0.496 e. The minimum absolute atomic E-state index is 0.00808. The molecule has 6 nitrogen and oxygen atoms in total. The monoisotopic (exact) mass is 490 g/mol. The van der Waals surface area contributed by atoms with E-state index in [1.807, 2.05) is 0 Å². The van der Waals surface area contributed by atoms with Gasteiger partial charge in [0, 0.05) is 6.07 Å². The Kier molecular flexibility index (Phi) is 6.21. The van der Waals surface area contributed by atoms with Crippen molar-refractivity contribution in [2.24, 2.45) is 0 Å². The first-order valence-electron chi connectivity index (χ1n) is 9.64. The summed E-state index contributed by atoms with van der Waals surface area (Å²) in [6.07, 6.45) is -5.06. The molecule has 174 valence electrons. The van der Waals surface area contributed by atoms with E-state index in [1.165, 1.54) is 43.5 Å². The van der Waals surface area contributed by atoms with Gasteiger partial charge < -0.3 is 18.6 Å². The number of methoxy groups -OCH3 is 1. The fourth-order valence-electron chi connectivity index (χ4n) is 3.11. The number of para-hydroxylation sites is 2. The molecule has 0 radical (unpaired) electrons. The maximum Gasteiger partial charge on any atom is 0.453 e. The van der Waals surface area contributed by atoms with Gasteiger partial charge in [0.1, 0.15) is 28.4 Å². The predicted molar refractivity (Wildman–Crippen MR) is 117 cm³/mol. The van der Waals surface area contributed by atoms with Crippen LogP contribution in [0.4, 0.5) is 13.2 Å². The van der Waals surface area contributed by atoms with Gasteiger partial charge in [0.05, 0.1) is 17.5 Å². The minimum atomic E-state index is -5.06. The maximum atomic E-state index is 13.7. The highest BCUT2D eigenvalue weighted by atomic mass is 35.5. The van der Waals surface area contributed by atoms with Crippen LogP contribution in [0.25, 0.3) is 11.0 Å². The molecule has 4 aromatic rings. The third kappa shape index (κ3) is 4.55. The first-order valence-corrected chi connectivity index (χ1v) is 10.0. The van der Waals surface area contributed by atoms with Crippen LogP contribution in [0.5, 0.6) is 23.0 Å². The highest BCUT2D eigenvalue weighted by molar-refractivity contribution is 6.32. The molecule has 0 atom stereocenters. The molecule has 0 saturated carbocycles. The van der Waals surface area contributed by atoms with Crippen molar-refractivity contribution < 1.29 is 36.6 Å². The number of rotatable bonds is 5. The lowest BCUT2D eigenvalue weighted by atomic mass is 10.2. The van der Waals surface area contributed by atoms with Crippen molar-refractivity contribution in [1.82, 2.24) is 0 Å². The van der Waals surface area contributed by atoms with Gasteiger partial charge in [-0.2, -0.15) is 13.2 Å². The molecule has 0 aliphatic rings. The van der Waals surface area contributed by atoms with Crippen molar-refractivity contribution in [3.8, 4) is 23.0 Å². The van der Waals surface area contributed by atoms with Gasteiger partial charge in [0.2, 0.25) is 11.2 Å². The number of ether oxygens (including phenoxy) is 3. The number of alkyl halides is 3. The van der Waals surface area contributed by atoms with Gasteiger partial charge in [-0.1, -0.05) is 35.9 Å². The molecular formula is C24H14ClF3O6. The van der Waals surface area contributed by atoms with Crippen LogP contribution in [0, 0.1) is 0 Å². The maximum absolute atomic E-state index is 13.7. The van der Waals surface area contributed by atoms with Gasteiger partial charge in [-0.05, 0) is 36.4 Å². The van der Waals surface area contributed by atoms with E-state index in [0.717, 1.165) is 6.07 Å². The molecule has 3 aromatic carbocycles. The van der Waals surface area contributed by atoms with E-state index in [4.69, 9.17) is 30.2 Å². The molecule has 0 unspecified atom stereocenters. The zero-order valence-corrected chi connectivity index (χ0v) is 18.1. The first-order chi connectivity index (χ1) is 16.2. The Morgan fingerprint density at radius 3 is 2.32 bits per heavy atom. The van der Waals surface area contributed by atoms with Gasteiger partial charge >= 0.3 is 12.1 Å². The van der Waals surface area contributed by atoms with Crippen LogP contribution in [0.15, 0.2) is 75.9 Å². The largest absolute Gasteiger partial charge is 0.496 e. The van der Waals surface area contributed by atoms with E-state index in [2.05, 4.69) is 0 Å². The standard InChI is InChI=1S/C24H14ClF3O6/c1-31-17-8-4-2-6-15(17)23(30)32-13-10-11-14-19(12-13)34-22(24(26,27)28)21(20(14)29)33-18-9-5-3-7-16(18)25/h2-12H,1H3. The predicted octanol–water partition coefficient (Wildman–Crippen LogP) is 6.49. The highest BCUT2D eigenvalue weighted by Crippen LogP contribution is 2.40. The summed E-state index contributed by atoms with van der Waals surface area (Å²) in [6, 6.07) is 15.4. The third-order valence-electron chi connectivity index (χ3n) is 4.67. The van der Waals surface area contributed by atoms with E-state index < -0.39 is 34.7 Å². The normalized spacial score (nSPS) is 11.3. The van der Waals surface area contributed by atoms with Crippen molar-refractivity contribution in [3.05, 3.63) is 93.3 Å². The lowest BCUT2D eigenvalue weighted by molar-refractivity contribution is -0.154. The fraction of sp³-hybridized carbons (Fsp3) is 0.0833. The average Bonchev–Trinajstić information content (AvgIpc) is 2.81. The Balaban J connectivity index is 1.77. The molecule has 10 heteroatoms. The summed E-state index contributed by atoms with van der Waals surface area (Å²) in [5.41, 5.74) is -1.42. The van der Waals surface area contributed by atoms with Gasteiger partial charge in [-0.15, -0.1) is 0 Å². The summed E-state index contributed by atoms with van der Waals surface area (Å²) >= 11 is 5.96. The summed E-state index contributed by atoms with van der Waals surface area (Å²) in [4.78, 5) is 25.4. The zero-order chi connectivity index (χ0) is 24.5. The molecular weight excluding hydrogens is 477 g/mol. The van der Waals surface area contributed by atoms with Crippen LogP contribution in [0.2, 0.25) is 5.02 Å². The van der Waals surface area contributed by atoms with Crippen LogP contribution in [-0.4, -0.2) is 13.1 Å². The molecule has 0 amide bonds. The summed E-state index contributed by atoms with van der Waals surface area (Å²) in [7, 11) is 1.37. The molecule has 34 heavy (non-hydrogen) atoms. The molecule has 1 heterocycles. The van der Waals surface area contributed by atoms with Crippen LogP contribution >= 0.6 is 11.6 Å². The second-order valence-electron chi connectivity index (χ2n) is 6.87. The van der Waals surface area contributed by atoms with Crippen molar-refractivity contribution in [1.29, 1.82) is 0 Å². The van der Waals surface area contributed by atoms with Crippen LogP contribution < -0.4 is 19.6 Å². The van der Waals surface area contributed by atoms with Gasteiger partial charge in [0.25, 0.3) is 5.76 Å². The first kappa shape index (κ1) is 23.2. The summed E-state index contributed by atoms with van der Waals surface area (Å²) in [5.74, 6) is -3.57. The van der Waals surface area contributed by atoms with Crippen molar-refractivity contribution in [3.63, 3.8) is 0 Å². The molecule has 0 fully saturated rings.